The highest BCUT2D eigenvalue weighted by Crippen LogP contribution is 2.33. The number of carbonyl (C=O) groups is 2. The number of esters is 1. The Morgan fingerprint density at radius 3 is 2.54 bits per heavy atom. The van der Waals surface area contributed by atoms with Crippen LogP contribution in [0.1, 0.15) is 70.1 Å². The molecule has 1 fully saturated rings. The first kappa shape index (κ1) is 27.1. The van der Waals surface area contributed by atoms with Gasteiger partial charge in [-0.3, -0.25) is 9.63 Å². The first-order valence-corrected chi connectivity index (χ1v) is 12.7. The molecule has 3 rings (SSSR count). The summed E-state index contributed by atoms with van der Waals surface area (Å²) >= 11 is 1.31. The summed E-state index contributed by atoms with van der Waals surface area (Å²) in [5.74, 6) is -2.40. The lowest BCUT2D eigenvalue weighted by molar-refractivity contribution is -0.192. The van der Waals surface area contributed by atoms with E-state index in [1.807, 2.05) is 51.1 Å². The second kappa shape index (κ2) is 12.4. The van der Waals surface area contributed by atoms with E-state index in [2.05, 4.69) is 15.8 Å². The molecule has 1 aliphatic carbocycles. The van der Waals surface area contributed by atoms with Gasteiger partial charge in [0.1, 0.15) is 19.3 Å². The van der Waals surface area contributed by atoms with Gasteiger partial charge in [0, 0.05) is 11.9 Å². The minimum Gasteiger partial charge on any atom is -0.481 e. The molecule has 1 saturated carbocycles. The van der Waals surface area contributed by atoms with Crippen LogP contribution < -0.4 is 10.8 Å². The number of benzene rings is 1. The highest BCUT2D eigenvalue weighted by atomic mass is 32.1. The second-order valence-corrected chi connectivity index (χ2v) is 10.5. The van der Waals surface area contributed by atoms with E-state index in [9.17, 15) is 14.7 Å². The van der Waals surface area contributed by atoms with Gasteiger partial charge in [0.2, 0.25) is 0 Å². The van der Waals surface area contributed by atoms with Gasteiger partial charge < -0.3 is 19.9 Å². The van der Waals surface area contributed by atoms with Crippen LogP contribution in [0.3, 0.4) is 0 Å². The minimum atomic E-state index is -1.13. The maximum atomic E-state index is 13.0. The Labute approximate surface area is 210 Å². The number of anilines is 1. The Morgan fingerprint density at radius 2 is 1.89 bits per heavy atom. The third-order valence-corrected chi connectivity index (χ3v) is 6.52. The molecule has 0 spiro atoms. The van der Waals surface area contributed by atoms with Crippen LogP contribution in [-0.2, 0) is 30.5 Å². The van der Waals surface area contributed by atoms with Gasteiger partial charge in [-0.2, -0.15) is 5.48 Å². The van der Waals surface area contributed by atoms with E-state index in [-0.39, 0.29) is 25.5 Å². The van der Waals surface area contributed by atoms with Crippen molar-refractivity contribution < 1.29 is 29.0 Å². The van der Waals surface area contributed by atoms with E-state index in [0.717, 1.165) is 24.8 Å². The molecule has 35 heavy (non-hydrogen) atoms. The van der Waals surface area contributed by atoms with Gasteiger partial charge in [-0.25, -0.2) is 9.78 Å². The fourth-order valence-electron chi connectivity index (χ4n) is 3.75. The van der Waals surface area contributed by atoms with Crippen molar-refractivity contribution in [2.45, 2.75) is 76.6 Å². The molecule has 2 aromatic rings. The van der Waals surface area contributed by atoms with Crippen molar-refractivity contribution in [3.8, 4) is 0 Å². The summed E-state index contributed by atoms with van der Waals surface area (Å²) in [6, 6.07) is 9.47. The van der Waals surface area contributed by atoms with Crippen LogP contribution in [0.15, 0.2) is 35.7 Å². The van der Waals surface area contributed by atoms with Crippen LogP contribution in [0.4, 0.5) is 5.13 Å². The van der Waals surface area contributed by atoms with Gasteiger partial charge in [-0.05, 0) is 52.0 Å². The zero-order valence-corrected chi connectivity index (χ0v) is 21.4. The molecule has 1 aliphatic rings. The summed E-state index contributed by atoms with van der Waals surface area (Å²) in [5, 5.41) is 15.1. The highest BCUT2D eigenvalue weighted by Gasteiger charge is 2.43. The Balaban J connectivity index is 1.57. The summed E-state index contributed by atoms with van der Waals surface area (Å²) < 4.78 is 11.2. The monoisotopic (exact) mass is 505 g/mol. The SMILES string of the molecule is CC(C)(C)OCNc1nc(C(CNOC2(C(=O)OCc3ccccc3)CCCCC2)C(=O)O)cs1. The summed E-state index contributed by atoms with van der Waals surface area (Å²) in [6.45, 7) is 6.24. The number of thiazole rings is 1. The van der Waals surface area contributed by atoms with Crippen LogP contribution in [0.25, 0.3) is 0 Å². The number of hydroxylamine groups is 1. The Morgan fingerprint density at radius 1 is 1.17 bits per heavy atom. The predicted molar refractivity (Wildman–Crippen MR) is 133 cm³/mol. The smallest absolute Gasteiger partial charge is 0.340 e. The Kier molecular flexibility index (Phi) is 9.62. The van der Waals surface area contributed by atoms with Crippen molar-refractivity contribution >= 4 is 28.4 Å². The molecule has 1 aromatic heterocycles. The Bertz CT molecular complexity index is 954. The number of hydrogen-bond donors (Lipinski definition) is 3. The average Bonchev–Trinajstić information content (AvgIpc) is 3.28. The van der Waals surface area contributed by atoms with Gasteiger partial charge in [0.05, 0.1) is 11.3 Å². The number of hydrogen-bond acceptors (Lipinski definition) is 9. The number of ether oxygens (including phenoxy) is 2. The van der Waals surface area contributed by atoms with Crippen molar-refractivity contribution in [2.75, 3.05) is 18.6 Å². The molecular weight excluding hydrogens is 470 g/mol. The molecule has 10 heteroatoms. The summed E-state index contributed by atoms with van der Waals surface area (Å²) in [5.41, 5.74) is 2.64. The van der Waals surface area contributed by atoms with Gasteiger partial charge in [-0.15, -0.1) is 11.3 Å². The minimum absolute atomic E-state index is 0.0370. The number of aromatic nitrogens is 1. The third-order valence-electron chi connectivity index (χ3n) is 5.71. The van der Waals surface area contributed by atoms with Crippen molar-refractivity contribution in [2.24, 2.45) is 0 Å². The molecule has 1 heterocycles. The molecule has 1 unspecified atom stereocenters. The molecule has 0 aliphatic heterocycles. The molecule has 0 radical (unpaired) electrons. The van der Waals surface area contributed by atoms with E-state index >= 15 is 0 Å². The van der Waals surface area contributed by atoms with E-state index in [1.165, 1.54) is 11.3 Å². The quantitative estimate of drug-likeness (QED) is 0.218. The summed E-state index contributed by atoms with van der Waals surface area (Å²) in [7, 11) is 0. The van der Waals surface area contributed by atoms with Crippen LogP contribution in [0, 0.1) is 0 Å². The van der Waals surface area contributed by atoms with Gasteiger partial charge >= 0.3 is 11.9 Å². The molecular formula is C25H35N3O6S. The van der Waals surface area contributed by atoms with Gasteiger partial charge in [-0.1, -0.05) is 36.8 Å². The van der Waals surface area contributed by atoms with Crippen LogP contribution in [0.2, 0.25) is 0 Å². The maximum absolute atomic E-state index is 13.0. The normalized spacial score (nSPS) is 16.4. The van der Waals surface area contributed by atoms with Crippen molar-refractivity contribution in [1.82, 2.24) is 10.5 Å². The number of nitrogens with zero attached hydrogens (tertiary/aromatic N) is 1. The summed E-state index contributed by atoms with van der Waals surface area (Å²) in [4.78, 5) is 35.2. The fourth-order valence-corrected chi connectivity index (χ4v) is 4.50. The van der Waals surface area contributed by atoms with E-state index < -0.39 is 23.5 Å². The van der Waals surface area contributed by atoms with Crippen LogP contribution in [0.5, 0.6) is 0 Å². The molecule has 192 valence electrons. The molecule has 0 amide bonds. The zero-order chi connectivity index (χ0) is 25.3. The molecule has 0 saturated heterocycles. The standard InChI is InChI=1S/C25H35N3O6S/c1-24(2,3)33-17-26-23-28-20(16-35-23)19(21(29)30)14-27-34-25(12-8-5-9-13-25)22(31)32-15-18-10-6-4-7-11-18/h4,6-7,10-11,16,19,27H,5,8-9,12-15,17H2,1-3H3,(H,26,28)(H,29,30). The van der Waals surface area contributed by atoms with E-state index in [1.54, 1.807) is 5.38 Å². The lowest BCUT2D eigenvalue weighted by Crippen LogP contribution is -2.48. The number of carbonyl (C=O) groups excluding carboxylic acids is 1. The second-order valence-electron chi connectivity index (χ2n) is 9.61. The Hall–Kier alpha value is -2.53. The number of carboxylic acids is 1. The number of carboxylic acid groups (broad SMARTS) is 1. The molecule has 3 N–H and O–H groups in total. The average molecular weight is 506 g/mol. The number of rotatable bonds is 12. The van der Waals surface area contributed by atoms with Crippen molar-refractivity contribution in [3.05, 3.63) is 47.0 Å². The third kappa shape index (κ3) is 8.28. The summed E-state index contributed by atoms with van der Waals surface area (Å²) in [6.07, 6.45) is 3.72. The number of nitrogens with one attached hydrogen (secondary N) is 2. The van der Waals surface area contributed by atoms with Gasteiger partial charge in [0.25, 0.3) is 0 Å². The van der Waals surface area contributed by atoms with Crippen LogP contribution >= 0.6 is 11.3 Å². The fraction of sp³-hybridized carbons (Fsp3) is 0.560. The van der Waals surface area contributed by atoms with Crippen molar-refractivity contribution in [3.63, 3.8) is 0 Å². The maximum Gasteiger partial charge on any atom is 0.340 e. The zero-order valence-electron chi connectivity index (χ0n) is 20.5. The van der Waals surface area contributed by atoms with Crippen LogP contribution in [-0.4, -0.2) is 46.5 Å². The van der Waals surface area contributed by atoms with E-state index in [4.69, 9.17) is 14.3 Å². The lowest BCUT2D eigenvalue weighted by Gasteiger charge is -2.34. The molecule has 0 bridgehead atoms. The van der Waals surface area contributed by atoms with Gasteiger partial charge in [0.15, 0.2) is 10.7 Å². The molecule has 9 nitrogen and oxygen atoms in total. The molecule has 1 atom stereocenters. The topological polar surface area (TPSA) is 119 Å². The number of aliphatic carboxylic acids is 1. The van der Waals surface area contributed by atoms with Crippen molar-refractivity contribution in [1.29, 1.82) is 0 Å². The first-order valence-electron chi connectivity index (χ1n) is 11.9. The molecule has 1 aromatic carbocycles. The van der Waals surface area contributed by atoms with E-state index in [0.29, 0.717) is 23.7 Å². The predicted octanol–water partition coefficient (Wildman–Crippen LogP) is 4.46. The lowest BCUT2D eigenvalue weighted by atomic mass is 9.85. The highest BCUT2D eigenvalue weighted by molar-refractivity contribution is 7.13. The first-order chi connectivity index (χ1) is 16.7. The largest absolute Gasteiger partial charge is 0.481 e.